The molecule has 0 bridgehead atoms. The molecule has 4 aliphatic rings. The lowest BCUT2D eigenvalue weighted by molar-refractivity contribution is -0.131. The average Bonchev–Trinajstić information content (AvgIpc) is 3.54. The van der Waals surface area contributed by atoms with Gasteiger partial charge in [0.15, 0.2) is 0 Å². The van der Waals surface area contributed by atoms with Crippen LogP contribution in [0.3, 0.4) is 0 Å². The molecule has 0 radical (unpaired) electrons. The molecule has 0 aromatic heterocycles. The molecule has 4 amide bonds. The van der Waals surface area contributed by atoms with Gasteiger partial charge < -0.3 is 14.6 Å². The number of phenols is 1. The van der Waals surface area contributed by atoms with Gasteiger partial charge in [0.1, 0.15) is 17.2 Å². The number of imide groups is 2. The van der Waals surface area contributed by atoms with Crippen LogP contribution in [0.15, 0.2) is 103 Å². The van der Waals surface area contributed by atoms with Crippen LogP contribution in [-0.4, -0.2) is 43.0 Å². The minimum absolute atomic E-state index is 0.133. The maximum atomic E-state index is 14.6. The number of methoxy groups -OCH3 is 2. The average molecular weight is 709 g/mol. The third-order valence-electron chi connectivity index (χ3n) is 11.9. The first-order chi connectivity index (χ1) is 25.6. The van der Waals surface area contributed by atoms with Gasteiger partial charge in [-0.05, 0) is 97.8 Å². The highest BCUT2D eigenvalue weighted by Gasteiger charge is 2.67. The van der Waals surface area contributed by atoms with Gasteiger partial charge in [-0.2, -0.15) is 0 Å². The van der Waals surface area contributed by atoms with E-state index in [0.29, 0.717) is 34.9 Å². The van der Waals surface area contributed by atoms with Crippen molar-refractivity contribution in [2.75, 3.05) is 24.0 Å². The largest absolute Gasteiger partial charge is 0.508 e. The third-order valence-corrected chi connectivity index (χ3v) is 11.9. The molecule has 1 N–H and O–H groups in total. The van der Waals surface area contributed by atoms with E-state index in [0.717, 1.165) is 22.3 Å². The van der Waals surface area contributed by atoms with Crippen molar-refractivity contribution in [3.63, 3.8) is 0 Å². The Morgan fingerprint density at radius 1 is 0.774 bits per heavy atom. The smallest absolute Gasteiger partial charge is 0.241 e. The Morgan fingerprint density at radius 2 is 1.51 bits per heavy atom. The van der Waals surface area contributed by atoms with Crippen molar-refractivity contribution in [1.29, 1.82) is 0 Å². The number of nitrogens with zero attached hydrogens (tertiary/aromatic N) is 2. The van der Waals surface area contributed by atoms with Crippen molar-refractivity contribution >= 4 is 47.2 Å². The van der Waals surface area contributed by atoms with E-state index in [-0.39, 0.29) is 35.8 Å². The number of aryl methyl sites for hydroxylation is 1. The molecule has 268 valence electrons. The molecule has 8 rings (SSSR count). The number of anilines is 2. The van der Waals surface area contributed by atoms with Crippen LogP contribution in [0, 0.1) is 36.0 Å². The second kappa shape index (κ2) is 12.9. The van der Waals surface area contributed by atoms with Crippen molar-refractivity contribution in [3.8, 4) is 17.2 Å². The quantitative estimate of drug-likeness (QED) is 0.122. The van der Waals surface area contributed by atoms with E-state index in [4.69, 9.17) is 9.47 Å². The fraction of sp³-hybridized carbons (Fsp3) is 0.273. The van der Waals surface area contributed by atoms with Crippen molar-refractivity contribution in [1.82, 2.24) is 0 Å². The number of para-hydroxylation sites is 1. The van der Waals surface area contributed by atoms with Gasteiger partial charge in [0, 0.05) is 11.5 Å². The first-order valence-corrected chi connectivity index (χ1v) is 17.9. The van der Waals surface area contributed by atoms with E-state index in [2.05, 4.69) is 0 Å². The van der Waals surface area contributed by atoms with Gasteiger partial charge in [0.25, 0.3) is 0 Å². The first-order valence-electron chi connectivity index (χ1n) is 17.9. The van der Waals surface area contributed by atoms with Gasteiger partial charge >= 0.3 is 0 Å². The van der Waals surface area contributed by atoms with Crippen molar-refractivity contribution < 1.29 is 33.8 Å². The van der Waals surface area contributed by atoms with Crippen LogP contribution >= 0.6 is 0 Å². The number of fused-ring (bicyclic) bond motifs is 4. The number of carbonyl (C=O) groups is 4. The van der Waals surface area contributed by atoms with Gasteiger partial charge in [0.2, 0.25) is 23.6 Å². The highest BCUT2D eigenvalue weighted by atomic mass is 16.5. The molecule has 2 heterocycles. The molecular weight excluding hydrogens is 668 g/mol. The maximum absolute atomic E-state index is 14.6. The Kier molecular flexibility index (Phi) is 8.32. The van der Waals surface area contributed by atoms with Crippen molar-refractivity contribution in [3.05, 3.63) is 125 Å². The summed E-state index contributed by atoms with van der Waals surface area (Å²) in [6.45, 7) is 3.67. The second-order valence-electron chi connectivity index (χ2n) is 14.6. The van der Waals surface area contributed by atoms with Crippen molar-refractivity contribution in [2.24, 2.45) is 29.1 Å². The van der Waals surface area contributed by atoms with E-state index in [9.17, 15) is 24.3 Å². The fourth-order valence-corrected chi connectivity index (χ4v) is 9.22. The van der Waals surface area contributed by atoms with E-state index >= 15 is 0 Å². The predicted octanol–water partition coefficient (Wildman–Crippen LogP) is 7.32. The van der Waals surface area contributed by atoms with E-state index in [1.165, 1.54) is 9.80 Å². The number of carbonyl (C=O) groups excluding carboxylic acids is 4. The summed E-state index contributed by atoms with van der Waals surface area (Å²) >= 11 is 0. The van der Waals surface area contributed by atoms with E-state index < -0.39 is 35.0 Å². The normalized spacial score (nSPS) is 26.4. The molecule has 0 spiro atoms. The summed E-state index contributed by atoms with van der Waals surface area (Å²) in [5, 5.41) is 10.4. The molecular formula is C44H40N2O7. The minimum Gasteiger partial charge on any atom is -0.508 e. The number of hydrogen-bond donors (Lipinski definition) is 1. The number of benzene rings is 4. The second-order valence-corrected chi connectivity index (χ2v) is 14.6. The summed E-state index contributed by atoms with van der Waals surface area (Å²) in [5.41, 5.74) is 3.90. The Labute approximate surface area is 308 Å². The minimum atomic E-state index is -1.14. The van der Waals surface area contributed by atoms with Crippen LogP contribution in [0.5, 0.6) is 17.2 Å². The molecule has 6 atom stereocenters. The molecule has 2 aliphatic heterocycles. The number of hydrogen-bond acceptors (Lipinski definition) is 7. The molecule has 9 nitrogen and oxygen atoms in total. The summed E-state index contributed by atoms with van der Waals surface area (Å²) in [6.07, 6.45) is 6.50. The van der Waals surface area contributed by atoms with Crippen LogP contribution in [0.4, 0.5) is 11.4 Å². The molecule has 3 fully saturated rings. The SMILES string of the molecule is COc1ccc(OC)c(C=Cc2ccc(N3C(=O)[C@H]4[C@H](CC=C5[C@H]4C[C@H]4C(=O)N(c6ccccc6)C(=O)[C@@]4(C)[C@H]5c4ccc(O)c(C)c4)C3=O)cc2)c1. The topological polar surface area (TPSA) is 113 Å². The van der Waals surface area contributed by atoms with Gasteiger partial charge in [-0.25, -0.2) is 4.90 Å². The zero-order valence-electron chi connectivity index (χ0n) is 30.0. The van der Waals surface area contributed by atoms with E-state index in [1.54, 1.807) is 63.6 Å². The van der Waals surface area contributed by atoms with Crippen LogP contribution < -0.4 is 19.3 Å². The number of ether oxygens (including phenoxy) is 2. The molecule has 9 heteroatoms. The van der Waals surface area contributed by atoms with Crippen LogP contribution in [0.25, 0.3) is 12.2 Å². The summed E-state index contributed by atoms with van der Waals surface area (Å²) in [7, 11) is 3.22. The van der Waals surface area contributed by atoms with Crippen LogP contribution in [0.1, 0.15) is 47.9 Å². The Hall–Kier alpha value is -5.96. The highest BCUT2D eigenvalue weighted by molar-refractivity contribution is 6.25. The molecule has 0 unspecified atom stereocenters. The molecule has 4 aromatic rings. The van der Waals surface area contributed by atoms with Gasteiger partial charge in [-0.15, -0.1) is 0 Å². The summed E-state index contributed by atoms with van der Waals surface area (Å²) in [6, 6.07) is 27.1. The molecule has 53 heavy (non-hydrogen) atoms. The fourth-order valence-electron chi connectivity index (χ4n) is 9.22. The zero-order chi connectivity index (χ0) is 37.2. The van der Waals surface area contributed by atoms with Crippen LogP contribution in [0.2, 0.25) is 0 Å². The maximum Gasteiger partial charge on any atom is 0.241 e. The number of aromatic hydroxyl groups is 1. The molecule has 2 aliphatic carbocycles. The Bertz CT molecular complexity index is 2230. The lowest BCUT2D eigenvalue weighted by Crippen LogP contribution is -2.48. The standard InChI is InChI=1S/C44H40N2O7/c1-25-22-28(14-20-36(25)47)39-32-18-19-33-38(34(32)24-35-41(49)46(43(51)44(35,39)2)29-8-6-5-7-9-29)42(50)45(40(33)48)30-15-11-26(12-16-30)10-13-27-23-31(52-3)17-21-37(27)53-4/h5-18,20-23,33-35,38-39,47H,19,24H2,1-4H3/t33-,34+,35-,38-,39-,44+/m0/s1. The first kappa shape index (κ1) is 34.1. The highest BCUT2D eigenvalue weighted by Crippen LogP contribution is 2.63. The third kappa shape index (κ3) is 5.28. The lowest BCUT2D eigenvalue weighted by atomic mass is 9.51. The summed E-state index contributed by atoms with van der Waals surface area (Å²) in [5.74, 6) is -2.55. The number of rotatable bonds is 7. The summed E-state index contributed by atoms with van der Waals surface area (Å²) in [4.78, 5) is 60.2. The number of allylic oxidation sites excluding steroid dienone is 2. The van der Waals surface area contributed by atoms with Crippen LogP contribution in [-0.2, 0) is 19.2 Å². The van der Waals surface area contributed by atoms with Gasteiger partial charge in [-0.1, -0.05) is 66.3 Å². The van der Waals surface area contributed by atoms with Gasteiger partial charge in [0.05, 0.1) is 48.8 Å². The molecule has 2 saturated heterocycles. The predicted molar refractivity (Wildman–Crippen MR) is 201 cm³/mol. The molecule has 1 saturated carbocycles. The lowest BCUT2D eigenvalue weighted by Gasteiger charge is -2.49. The Balaban J connectivity index is 1.13. The number of phenolic OH excluding ortho intramolecular Hbond substituents is 1. The van der Waals surface area contributed by atoms with Gasteiger partial charge in [-0.3, -0.25) is 24.1 Å². The number of amides is 4. The zero-order valence-corrected chi connectivity index (χ0v) is 30.0. The monoisotopic (exact) mass is 708 g/mol. The van der Waals surface area contributed by atoms with Crippen molar-refractivity contribution in [2.45, 2.75) is 32.6 Å². The van der Waals surface area contributed by atoms with E-state index in [1.807, 2.05) is 73.7 Å². The molecule has 4 aromatic carbocycles. The Morgan fingerprint density at radius 3 is 2.21 bits per heavy atom. The summed E-state index contributed by atoms with van der Waals surface area (Å²) < 4.78 is 10.9.